The molecule has 3 nitrogen and oxygen atoms in total. The predicted molar refractivity (Wildman–Crippen MR) is 108 cm³/mol. The van der Waals surface area contributed by atoms with Crippen LogP contribution in [-0.2, 0) is 0 Å². The summed E-state index contributed by atoms with van der Waals surface area (Å²) in [6, 6.07) is 11.3. The molecule has 0 amide bonds. The maximum absolute atomic E-state index is 4.53. The molecule has 1 aromatic carbocycles. The number of aromatic nitrogens is 1. The van der Waals surface area contributed by atoms with Gasteiger partial charge in [-0.15, -0.1) is 24.8 Å². The maximum Gasteiger partial charge on any atom is 0.0705 e. The minimum atomic E-state index is 0. The highest BCUT2D eigenvalue weighted by Crippen LogP contribution is 2.31. The molecule has 1 N–H and O–H groups in total. The lowest BCUT2D eigenvalue weighted by Crippen LogP contribution is -2.45. The zero-order valence-corrected chi connectivity index (χ0v) is 16.0. The Labute approximate surface area is 158 Å². The zero-order valence-electron chi connectivity index (χ0n) is 14.4. The third-order valence-corrected chi connectivity index (χ3v) is 4.72. The molecule has 1 atom stereocenters. The Morgan fingerprint density at radius 1 is 1.08 bits per heavy atom. The first-order valence-corrected chi connectivity index (χ1v) is 8.68. The summed E-state index contributed by atoms with van der Waals surface area (Å²) < 4.78 is 0. The first-order valence-electron chi connectivity index (χ1n) is 8.68. The van der Waals surface area contributed by atoms with Crippen molar-refractivity contribution in [3.63, 3.8) is 0 Å². The van der Waals surface area contributed by atoms with Gasteiger partial charge in [0.1, 0.15) is 0 Å². The second-order valence-corrected chi connectivity index (χ2v) is 6.21. The number of halogens is 2. The van der Waals surface area contributed by atoms with E-state index >= 15 is 0 Å². The van der Waals surface area contributed by atoms with Gasteiger partial charge in [-0.3, -0.25) is 9.88 Å². The molecule has 1 fully saturated rings. The lowest BCUT2D eigenvalue weighted by atomic mass is 9.95. The topological polar surface area (TPSA) is 28.2 Å². The van der Waals surface area contributed by atoms with Crippen molar-refractivity contribution in [1.29, 1.82) is 0 Å². The molecule has 0 bridgehead atoms. The number of benzene rings is 1. The normalized spacial score (nSPS) is 16.2. The van der Waals surface area contributed by atoms with Gasteiger partial charge in [-0.1, -0.05) is 44.4 Å². The summed E-state index contributed by atoms with van der Waals surface area (Å²) in [6.45, 7) is 6.78. The number of nitrogens with one attached hydrogen (secondary N) is 1. The van der Waals surface area contributed by atoms with Gasteiger partial charge in [-0.25, -0.2) is 0 Å². The molecule has 134 valence electrons. The lowest BCUT2D eigenvalue weighted by molar-refractivity contribution is 0.163. The van der Waals surface area contributed by atoms with Crippen LogP contribution in [0.1, 0.15) is 44.2 Å². The monoisotopic (exact) mass is 369 g/mol. The molecule has 1 aromatic heterocycles. The van der Waals surface area contributed by atoms with E-state index in [0.29, 0.717) is 6.04 Å². The molecule has 2 aromatic rings. The number of hydrogen-bond acceptors (Lipinski definition) is 3. The molecular weight excluding hydrogens is 341 g/mol. The van der Waals surface area contributed by atoms with Gasteiger partial charge in [0, 0.05) is 43.8 Å². The fourth-order valence-electron chi connectivity index (χ4n) is 3.52. The standard InChI is InChI=1S/C19H27N3.2ClH/c1-2-3-4-9-19(22-14-12-20-13-15-22)17-10-11-21-18-8-6-5-7-16(17)18;;/h5-8,10-11,19-20H,2-4,9,12-15H2,1H3;2*1H/t19-;;/m1../s1. The van der Waals surface area contributed by atoms with Crippen molar-refractivity contribution in [3.05, 3.63) is 42.1 Å². The Bertz CT molecular complexity index is 595. The Morgan fingerprint density at radius 2 is 1.83 bits per heavy atom. The van der Waals surface area contributed by atoms with E-state index in [1.54, 1.807) is 0 Å². The molecule has 24 heavy (non-hydrogen) atoms. The molecule has 0 aliphatic carbocycles. The Hall–Kier alpha value is -0.870. The highest BCUT2D eigenvalue weighted by atomic mass is 35.5. The van der Waals surface area contributed by atoms with Crippen molar-refractivity contribution >= 4 is 35.7 Å². The third kappa shape index (κ3) is 5.06. The summed E-state index contributed by atoms with van der Waals surface area (Å²) in [5.74, 6) is 0. The number of pyridine rings is 1. The van der Waals surface area contributed by atoms with Crippen molar-refractivity contribution in [3.8, 4) is 0 Å². The Morgan fingerprint density at radius 3 is 2.58 bits per heavy atom. The zero-order chi connectivity index (χ0) is 15.2. The van der Waals surface area contributed by atoms with Crippen molar-refractivity contribution < 1.29 is 0 Å². The van der Waals surface area contributed by atoms with Crippen LogP contribution in [0.3, 0.4) is 0 Å². The van der Waals surface area contributed by atoms with Crippen LogP contribution in [0, 0.1) is 0 Å². The molecule has 5 heteroatoms. The molecule has 3 rings (SSSR count). The minimum absolute atomic E-state index is 0. The molecule has 1 saturated heterocycles. The number of rotatable bonds is 6. The van der Waals surface area contributed by atoms with Gasteiger partial charge in [0.25, 0.3) is 0 Å². The second kappa shape index (κ2) is 10.9. The number of nitrogens with zero attached hydrogens (tertiary/aromatic N) is 2. The van der Waals surface area contributed by atoms with E-state index in [9.17, 15) is 0 Å². The molecule has 0 radical (unpaired) electrons. The summed E-state index contributed by atoms with van der Waals surface area (Å²) in [5, 5.41) is 4.80. The highest BCUT2D eigenvalue weighted by Gasteiger charge is 2.23. The summed E-state index contributed by atoms with van der Waals surface area (Å²) in [6.07, 6.45) is 7.15. The number of unbranched alkanes of at least 4 members (excludes halogenated alkanes) is 2. The first-order chi connectivity index (χ1) is 10.9. The van der Waals surface area contributed by atoms with Gasteiger partial charge >= 0.3 is 0 Å². The van der Waals surface area contributed by atoms with E-state index in [1.807, 2.05) is 6.20 Å². The number of piperazine rings is 1. The van der Waals surface area contributed by atoms with E-state index in [4.69, 9.17) is 0 Å². The summed E-state index contributed by atoms with van der Waals surface area (Å²) >= 11 is 0. The number of fused-ring (bicyclic) bond motifs is 1. The molecule has 0 spiro atoms. The van der Waals surface area contributed by atoms with E-state index in [1.165, 1.54) is 36.6 Å². The minimum Gasteiger partial charge on any atom is -0.314 e. The van der Waals surface area contributed by atoms with Crippen molar-refractivity contribution in [2.75, 3.05) is 26.2 Å². The third-order valence-electron chi connectivity index (χ3n) is 4.72. The average Bonchev–Trinajstić information content (AvgIpc) is 2.59. The van der Waals surface area contributed by atoms with Crippen LogP contribution >= 0.6 is 24.8 Å². The van der Waals surface area contributed by atoms with Crippen molar-refractivity contribution in [1.82, 2.24) is 15.2 Å². The van der Waals surface area contributed by atoms with E-state index in [2.05, 4.69) is 52.5 Å². The average molecular weight is 370 g/mol. The largest absolute Gasteiger partial charge is 0.314 e. The summed E-state index contributed by atoms with van der Waals surface area (Å²) in [7, 11) is 0. The van der Waals surface area contributed by atoms with Crippen LogP contribution in [0.25, 0.3) is 10.9 Å². The summed E-state index contributed by atoms with van der Waals surface area (Å²) in [4.78, 5) is 7.20. The van der Waals surface area contributed by atoms with Crippen molar-refractivity contribution in [2.24, 2.45) is 0 Å². The van der Waals surface area contributed by atoms with E-state index in [-0.39, 0.29) is 24.8 Å². The molecule has 1 aliphatic rings. The fraction of sp³-hybridized carbons (Fsp3) is 0.526. The smallest absolute Gasteiger partial charge is 0.0705 e. The molecular formula is C19H29Cl2N3. The Kier molecular flexibility index (Phi) is 9.60. The van der Waals surface area contributed by atoms with Crippen LogP contribution in [0.4, 0.5) is 0 Å². The maximum atomic E-state index is 4.53. The van der Waals surface area contributed by atoms with Gasteiger partial charge in [0.15, 0.2) is 0 Å². The van der Waals surface area contributed by atoms with Crippen molar-refractivity contribution in [2.45, 2.75) is 38.6 Å². The fourth-order valence-corrected chi connectivity index (χ4v) is 3.52. The van der Waals surface area contributed by atoms with E-state index in [0.717, 1.165) is 31.7 Å². The van der Waals surface area contributed by atoms with Gasteiger partial charge in [0.05, 0.1) is 5.52 Å². The van der Waals surface area contributed by atoms with E-state index < -0.39 is 0 Å². The quantitative estimate of drug-likeness (QED) is 0.753. The van der Waals surface area contributed by atoms with Gasteiger partial charge < -0.3 is 5.32 Å². The lowest BCUT2D eigenvalue weighted by Gasteiger charge is -2.36. The molecule has 2 heterocycles. The van der Waals surface area contributed by atoms with Crippen LogP contribution in [-0.4, -0.2) is 36.1 Å². The predicted octanol–water partition coefficient (Wildman–Crippen LogP) is 4.61. The molecule has 0 unspecified atom stereocenters. The van der Waals surface area contributed by atoms with Gasteiger partial charge in [0.2, 0.25) is 0 Å². The second-order valence-electron chi connectivity index (χ2n) is 6.21. The van der Waals surface area contributed by atoms with Crippen LogP contribution in [0.15, 0.2) is 36.5 Å². The number of para-hydroxylation sites is 1. The SMILES string of the molecule is CCCCC[C@H](c1ccnc2ccccc12)N1CCNCC1.Cl.Cl. The molecule has 0 saturated carbocycles. The molecule has 1 aliphatic heterocycles. The summed E-state index contributed by atoms with van der Waals surface area (Å²) in [5.41, 5.74) is 2.58. The van der Waals surface area contributed by atoms with Crippen LogP contribution in [0.5, 0.6) is 0 Å². The van der Waals surface area contributed by atoms with Crippen LogP contribution in [0.2, 0.25) is 0 Å². The first kappa shape index (κ1) is 21.2. The van der Waals surface area contributed by atoms with Gasteiger partial charge in [-0.2, -0.15) is 0 Å². The van der Waals surface area contributed by atoms with Crippen LogP contribution < -0.4 is 5.32 Å². The highest BCUT2D eigenvalue weighted by molar-refractivity contribution is 5.85. The number of hydrogen-bond donors (Lipinski definition) is 1. The Balaban J connectivity index is 0.00000144. The van der Waals surface area contributed by atoms with Gasteiger partial charge in [-0.05, 0) is 24.1 Å².